The maximum Gasteiger partial charge on any atom is 0.343 e. The van der Waals surface area contributed by atoms with Gasteiger partial charge in [-0.2, -0.15) is 5.10 Å². The zero-order chi connectivity index (χ0) is 19.3. The molecule has 0 atom stereocenters. The van der Waals surface area contributed by atoms with Crippen molar-refractivity contribution < 1.29 is 9.53 Å². The van der Waals surface area contributed by atoms with Gasteiger partial charge in [-0.15, -0.1) is 0 Å². The Hall–Kier alpha value is -3.64. The Kier molecular flexibility index (Phi) is 5.03. The fourth-order valence-corrected chi connectivity index (χ4v) is 2.72. The van der Waals surface area contributed by atoms with Gasteiger partial charge in [-0.25, -0.2) is 15.2 Å². The Morgan fingerprint density at radius 1 is 1.04 bits per heavy atom. The Bertz CT molecular complexity index is 1120. The third kappa shape index (κ3) is 4.02. The van der Waals surface area contributed by atoms with E-state index in [1.165, 1.54) is 0 Å². The molecule has 3 aromatic carbocycles. The fourth-order valence-electron chi connectivity index (χ4n) is 2.59. The first-order valence-electron chi connectivity index (χ1n) is 8.50. The molecule has 28 heavy (non-hydrogen) atoms. The first-order valence-corrected chi connectivity index (χ1v) is 8.87. The molecule has 1 heterocycles. The van der Waals surface area contributed by atoms with Crippen LogP contribution < -0.4 is 10.2 Å². The number of esters is 1. The van der Waals surface area contributed by atoms with E-state index in [4.69, 9.17) is 16.3 Å². The molecular formula is C21H15ClN4O2. The number of nitrogens with one attached hydrogen (secondary N) is 2. The molecule has 0 aliphatic heterocycles. The van der Waals surface area contributed by atoms with E-state index < -0.39 is 5.97 Å². The number of carbonyl (C=O) groups excluding carboxylic acids is 1. The number of halogens is 1. The lowest BCUT2D eigenvalue weighted by atomic mass is 10.2. The van der Waals surface area contributed by atoms with Crippen LogP contribution in [0.3, 0.4) is 0 Å². The molecule has 0 saturated heterocycles. The van der Waals surface area contributed by atoms with Crippen LogP contribution in [0.25, 0.3) is 11.0 Å². The lowest BCUT2D eigenvalue weighted by molar-refractivity contribution is 0.0734. The van der Waals surface area contributed by atoms with Gasteiger partial charge in [-0.05, 0) is 48.5 Å². The molecular weight excluding hydrogens is 376 g/mol. The predicted molar refractivity (Wildman–Crippen MR) is 110 cm³/mol. The smallest absolute Gasteiger partial charge is 0.343 e. The molecule has 1 aromatic heterocycles. The number of anilines is 1. The molecule has 0 aliphatic carbocycles. The maximum atomic E-state index is 12.3. The molecule has 0 unspecified atom stereocenters. The largest absolute Gasteiger partial charge is 0.422 e. The minimum Gasteiger partial charge on any atom is -0.422 e. The first kappa shape index (κ1) is 17.8. The average Bonchev–Trinajstić information content (AvgIpc) is 3.12. The van der Waals surface area contributed by atoms with Crippen LogP contribution in [0, 0.1) is 0 Å². The van der Waals surface area contributed by atoms with Gasteiger partial charge in [0.1, 0.15) is 5.75 Å². The maximum absolute atomic E-state index is 12.3. The molecule has 0 spiro atoms. The van der Waals surface area contributed by atoms with Crippen LogP contribution in [0.1, 0.15) is 15.9 Å². The van der Waals surface area contributed by atoms with Crippen LogP contribution in [0.5, 0.6) is 5.75 Å². The van der Waals surface area contributed by atoms with E-state index in [1.807, 2.05) is 30.3 Å². The van der Waals surface area contributed by atoms with E-state index in [0.29, 0.717) is 27.8 Å². The number of imidazole rings is 1. The molecule has 4 rings (SSSR count). The molecule has 2 N–H and O–H groups in total. The van der Waals surface area contributed by atoms with Gasteiger partial charge in [0.25, 0.3) is 0 Å². The number of hydrogen-bond acceptors (Lipinski definition) is 5. The normalized spacial score (nSPS) is 11.0. The quantitative estimate of drug-likeness (QED) is 0.220. The second kappa shape index (κ2) is 7.94. The number of H-pyrrole nitrogens is 1. The predicted octanol–water partition coefficient (Wildman–Crippen LogP) is 4.88. The van der Waals surface area contributed by atoms with E-state index in [9.17, 15) is 4.79 Å². The van der Waals surface area contributed by atoms with Crippen molar-refractivity contribution in [3.8, 4) is 5.75 Å². The van der Waals surface area contributed by atoms with Crippen molar-refractivity contribution >= 4 is 40.8 Å². The number of benzene rings is 3. The standard InChI is InChI=1S/C21H15ClN4O2/c22-16-11-9-14(10-12-16)20(27)28-19-8-4-1-5-15(19)13-23-26-21-24-17-6-2-3-7-18(17)25-21/h1-13H,(H2,24,25,26)/b23-13-. The molecule has 0 fully saturated rings. The molecule has 0 radical (unpaired) electrons. The highest BCUT2D eigenvalue weighted by Gasteiger charge is 2.10. The summed E-state index contributed by atoms with van der Waals surface area (Å²) in [6, 6.07) is 21.3. The van der Waals surface area contributed by atoms with Crippen LogP contribution in [-0.4, -0.2) is 22.2 Å². The van der Waals surface area contributed by atoms with Crippen LogP contribution >= 0.6 is 11.6 Å². The van der Waals surface area contributed by atoms with Gasteiger partial charge in [0.15, 0.2) is 0 Å². The summed E-state index contributed by atoms with van der Waals surface area (Å²) in [6.45, 7) is 0. The monoisotopic (exact) mass is 390 g/mol. The number of para-hydroxylation sites is 3. The summed E-state index contributed by atoms with van der Waals surface area (Å²) in [5.74, 6) is 0.452. The fraction of sp³-hybridized carbons (Fsp3) is 0. The highest BCUT2D eigenvalue weighted by molar-refractivity contribution is 6.30. The number of nitrogens with zero attached hydrogens (tertiary/aromatic N) is 2. The van der Waals surface area contributed by atoms with Gasteiger partial charge in [0.05, 0.1) is 22.8 Å². The lowest BCUT2D eigenvalue weighted by Gasteiger charge is -2.07. The van der Waals surface area contributed by atoms with Gasteiger partial charge in [-0.3, -0.25) is 0 Å². The molecule has 0 aliphatic rings. The van der Waals surface area contributed by atoms with Gasteiger partial charge in [-0.1, -0.05) is 35.9 Å². The minimum absolute atomic E-state index is 0.401. The number of aromatic nitrogens is 2. The second-order valence-electron chi connectivity index (χ2n) is 5.91. The Morgan fingerprint density at radius 3 is 2.61 bits per heavy atom. The summed E-state index contributed by atoms with van der Waals surface area (Å²) >= 11 is 5.85. The van der Waals surface area contributed by atoms with Crippen LogP contribution in [0.4, 0.5) is 5.95 Å². The third-order valence-electron chi connectivity index (χ3n) is 3.97. The number of carbonyl (C=O) groups is 1. The molecule has 0 saturated carbocycles. The zero-order valence-electron chi connectivity index (χ0n) is 14.6. The highest BCUT2D eigenvalue weighted by atomic mass is 35.5. The number of ether oxygens (including phenoxy) is 1. The molecule has 4 aromatic rings. The number of rotatable bonds is 5. The van der Waals surface area contributed by atoms with Crippen LogP contribution in [-0.2, 0) is 0 Å². The van der Waals surface area contributed by atoms with Gasteiger partial charge >= 0.3 is 5.97 Å². The Balaban J connectivity index is 1.48. The SMILES string of the molecule is O=C(Oc1ccccc1/C=N\Nc1nc2ccccc2[nH]1)c1ccc(Cl)cc1. The van der Waals surface area contributed by atoms with Crippen molar-refractivity contribution in [1.29, 1.82) is 0 Å². The Morgan fingerprint density at radius 2 is 1.79 bits per heavy atom. The van der Waals surface area contributed by atoms with Gasteiger partial charge in [0, 0.05) is 10.6 Å². The van der Waals surface area contributed by atoms with Crippen LogP contribution in [0.15, 0.2) is 77.9 Å². The summed E-state index contributed by atoms with van der Waals surface area (Å²) in [5.41, 5.74) is 5.67. The summed E-state index contributed by atoms with van der Waals surface area (Å²) in [6.07, 6.45) is 1.57. The molecule has 7 heteroatoms. The summed E-state index contributed by atoms with van der Waals surface area (Å²) in [5, 5.41) is 4.74. The first-order chi connectivity index (χ1) is 13.7. The van der Waals surface area contributed by atoms with Crippen molar-refractivity contribution in [1.82, 2.24) is 9.97 Å². The lowest BCUT2D eigenvalue weighted by Crippen LogP contribution is -2.09. The van der Waals surface area contributed by atoms with Crippen molar-refractivity contribution in [3.63, 3.8) is 0 Å². The molecule has 6 nitrogen and oxygen atoms in total. The van der Waals surface area contributed by atoms with E-state index in [1.54, 1.807) is 48.7 Å². The molecule has 0 bridgehead atoms. The number of fused-ring (bicyclic) bond motifs is 1. The Labute approximate surface area is 165 Å². The van der Waals surface area contributed by atoms with Crippen molar-refractivity contribution in [2.24, 2.45) is 5.10 Å². The molecule has 0 amide bonds. The van der Waals surface area contributed by atoms with Gasteiger partial charge < -0.3 is 9.72 Å². The van der Waals surface area contributed by atoms with Crippen molar-refractivity contribution in [2.45, 2.75) is 0 Å². The highest BCUT2D eigenvalue weighted by Crippen LogP contribution is 2.19. The van der Waals surface area contributed by atoms with Crippen LogP contribution in [0.2, 0.25) is 5.02 Å². The van der Waals surface area contributed by atoms with E-state index >= 15 is 0 Å². The van der Waals surface area contributed by atoms with E-state index in [2.05, 4.69) is 20.5 Å². The summed E-state index contributed by atoms with van der Waals surface area (Å²) in [4.78, 5) is 19.8. The number of hydrogen-bond donors (Lipinski definition) is 2. The summed E-state index contributed by atoms with van der Waals surface area (Å²) < 4.78 is 5.50. The zero-order valence-corrected chi connectivity index (χ0v) is 15.4. The number of aromatic amines is 1. The van der Waals surface area contributed by atoms with E-state index in [0.717, 1.165) is 11.0 Å². The third-order valence-corrected chi connectivity index (χ3v) is 4.22. The topological polar surface area (TPSA) is 79.4 Å². The number of hydrazone groups is 1. The van der Waals surface area contributed by atoms with Crippen molar-refractivity contribution in [3.05, 3.63) is 88.9 Å². The van der Waals surface area contributed by atoms with E-state index in [-0.39, 0.29) is 0 Å². The second-order valence-corrected chi connectivity index (χ2v) is 6.34. The summed E-state index contributed by atoms with van der Waals surface area (Å²) in [7, 11) is 0. The average molecular weight is 391 g/mol. The van der Waals surface area contributed by atoms with Gasteiger partial charge in [0.2, 0.25) is 5.95 Å². The molecule has 138 valence electrons. The van der Waals surface area contributed by atoms with Crippen molar-refractivity contribution in [2.75, 3.05) is 5.43 Å². The minimum atomic E-state index is -0.470.